The molecular formula is C12H25N3O3. The average Bonchev–Trinajstić information content (AvgIpc) is 2.35. The molecule has 0 heterocycles. The lowest BCUT2D eigenvalue weighted by molar-refractivity contribution is -0.139. The fourth-order valence-corrected chi connectivity index (χ4v) is 1.63. The van der Waals surface area contributed by atoms with Gasteiger partial charge in [0.1, 0.15) is 6.04 Å². The van der Waals surface area contributed by atoms with E-state index in [-0.39, 0.29) is 11.9 Å². The van der Waals surface area contributed by atoms with E-state index >= 15 is 0 Å². The average molecular weight is 259 g/mol. The molecule has 18 heavy (non-hydrogen) atoms. The van der Waals surface area contributed by atoms with Gasteiger partial charge in [0.2, 0.25) is 5.91 Å². The Morgan fingerprint density at radius 2 is 1.89 bits per heavy atom. The lowest BCUT2D eigenvalue weighted by atomic mass is 10.1. The molecule has 2 atom stereocenters. The van der Waals surface area contributed by atoms with Crippen LogP contribution in [0, 0.1) is 0 Å². The van der Waals surface area contributed by atoms with E-state index in [1.54, 1.807) is 14.0 Å². The van der Waals surface area contributed by atoms with Gasteiger partial charge in [-0.1, -0.05) is 13.3 Å². The predicted molar refractivity (Wildman–Crippen MR) is 70.5 cm³/mol. The fraction of sp³-hybridized carbons (Fsp3) is 0.833. The maximum Gasteiger partial charge on any atom is 0.320 e. The molecule has 0 aromatic rings. The first kappa shape index (κ1) is 16.9. The number of carbonyl (C=O) groups excluding carboxylic acids is 1. The SMILES string of the molecule is CCN[C@@H](CCCCNC(C)C(=O)O)C(=O)NC. The van der Waals surface area contributed by atoms with Crippen molar-refractivity contribution in [3.63, 3.8) is 0 Å². The quantitative estimate of drug-likeness (QED) is 0.413. The van der Waals surface area contributed by atoms with E-state index in [2.05, 4.69) is 16.0 Å². The Balaban J connectivity index is 3.73. The number of carboxylic acids is 1. The third-order valence-electron chi connectivity index (χ3n) is 2.75. The van der Waals surface area contributed by atoms with Gasteiger partial charge in [0.15, 0.2) is 0 Å². The van der Waals surface area contributed by atoms with E-state index in [1.165, 1.54) is 0 Å². The maximum absolute atomic E-state index is 11.5. The van der Waals surface area contributed by atoms with Gasteiger partial charge in [0.25, 0.3) is 0 Å². The molecule has 0 aliphatic carbocycles. The highest BCUT2D eigenvalue weighted by molar-refractivity contribution is 5.81. The van der Waals surface area contributed by atoms with E-state index in [4.69, 9.17) is 5.11 Å². The molecule has 0 fully saturated rings. The van der Waals surface area contributed by atoms with Crippen molar-refractivity contribution in [1.82, 2.24) is 16.0 Å². The van der Waals surface area contributed by atoms with Crippen LogP contribution < -0.4 is 16.0 Å². The third kappa shape index (κ3) is 7.24. The van der Waals surface area contributed by atoms with Crippen LogP contribution in [-0.4, -0.2) is 49.2 Å². The molecular weight excluding hydrogens is 234 g/mol. The van der Waals surface area contributed by atoms with Gasteiger partial charge in [0.05, 0.1) is 6.04 Å². The van der Waals surface area contributed by atoms with Crippen molar-refractivity contribution < 1.29 is 14.7 Å². The molecule has 0 rings (SSSR count). The summed E-state index contributed by atoms with van der Waals surface area (Å²) in [6.07, 6.45) is 2.50. The van der Waals surface area contributed by atoms with Crippen LogP contribution in [0.2, 0.25) is 0 Å². The minimum absolute atomic E-state index is 0.00344. The van der Waals surface area contributed by atoms with E-state index in [0.29, 0.717) is 6.54 Å². The lowest BCUT2D eigenvalue weighted by Gasteiger charge is -2.16. The highest BCUT2D eigenvalue weighted by Crippen LogP contribution is 2.01. The fourth-order valence-electron chi connectivity index (χ4n) is 1.63. The number of unbranched alkanes of at least 4 members (excludes halogenated alkanes) is 1. The minimum Gasteiger partial charge on any atom is -0.480 e. The van der Waals surface area contributed by atoms with Crippen molar-refractivity contribution in [2.75, 3.05) is 20.1 Å². The highest BCUT2D eigenvalue weighted by Gasteiger charge is 2.15. The van der Waals surface area contributed by atoms with Crippen LogP contribution in [0.5, 0.6) is 0 Å². The zero-order valence-corrected chi connectivity index (χ0v) is 11.5. The first-order valence-electron chi connectivity index (χ1n) is 6.44. The summed E-state index contributed by atoms with van der Waals surface area (Å²) in [6.45, 7) is 4.99. The van der Waals surface area contributed by atoms with Crippen molar-refractivity contribution in [3.05, 3.63) is 0 Å². The Morgan fingerprint density at radius 1 is 1.22 bits per heavy atom. The molecule has 0 saturated heterocycles. The summed E-state index contributed by atoms with van der Waals surface area (Å²) in [4.78, 5) is 22.1. The standard InChI is InChI=1S/C12H25N3O3/c1-4-14-10(11(16)13-3)7-5-6-8-15-9(2)12(17)18/h9-10,14-15H,4-8H2,1-3H3,(H,13,16)(H,17,18)/t9?,10-/m0/s1. The second kappa shape index (κ2) is 9.85. The van der Waals surface area contributed by atoms with E-state index in [1.807, 2.05) is 6.92 Å². The molecule has 0 aromatic heterocycles. The van der Waals surface area contributed by atoms with Crippen LogP contribution in [0.3, 0.4) is 0 Å². The Hall–Kier alpha value is -1.14. The Bertz CT molecular complexity index is 259. The number of nitrogens with one attached hydrogen (secondary N) is 3. The number of rotatable bonds is 10. The molecule has 1 unspecified atom stereocenters. The van der Waals surface area contributed by atoms with E-state index < -0.39 is 12.0 Å². The van der Waals surface area contributed by atoms with Gasteiger partial charge in [-0.05, 0) is 32.9 Å². The molecule has 0 saturated carbocycles. The Kier molecular flexibility index (Phi) is 9.22. The Morgan fingerprint density at radius 3 is 2.39 bits per heavy atom. The number of aliphatic carboxylic acids is 1. The van der Waals surface area contributed by atoms with Gasteiger partial charge in [-0.15, -0.1) is 0 Å². The number of amides is 1. The second-order valence-corrected chi connectivity index (χ2v) is 4.23. The summed E-state index contributed by atoms with van der Waals surface area (Å²) < 4.78 is 0. The summed E-state index contributed by atoms with van der Waals surface area (Å²) >= 11 is 0. The minimum atomic E-state index is -0.842. The third-order valence-corrected chi connectivity index (χ3v) is 2.75. The molecule has 6 heteroatoms. The smallest absolute Gasteiger partial charge is 0.320 e. The van der Waals surface area contributed by atoms with Gasteiger partial charge in [0, 0.05) is 7.05 Å². The molecule has 0 aliphatic rings. The molecule has 1 amide bonds. The normalized spacial score (nSPS) is 13.9. The molecule has 6 nitrogen and oxygen atoms in total. The van der Waals surface area contributed by atoms with Gasteiger partial charge in [-0.2, -0.15) is 0 Å². The van der Waals surface area contributed by atoms with Gasteiger partial charge >= 0.3 is 5.97 Å². The summed E-state index contributed by atoms with van der Waals surface area (Å²) in [5, 5.41) is 17.3. The number of hydrogen-bond acceptors (Lipinski definition) is 4. The zero-order valence-electron chi connectivity index (χ0n) is 11.5. The summed E-state index contributed by atoms with van der Waals surface area (Å²) in [6, 6.07) is -0.676. The molecule has 0 spiro atoms. The van der Waals surface area contributed by atoms with Crippen LogP contribution in [0.25, 0.3) is 0 Å². The molecule has 0 radical (unpaired) electrons. The van der Waals surface area contributed by atoms with Crippen molar-refractivity contribution in [3.8, 4) is 0 Å². The van der Waals surface area contributed by atoms with Crippen LogP contribution >= 0.6 is 0 Å². The number of likely N-dealkylation sites (N-methyl/N-ethyl adjacent to an activating group) is 2. The first-order valence-corrected chi connectivity index (χ1v) is 6.44. The molecule has 106 valence electrons. The van der Waals surface area contributed by atoms with Gasteiger partial charge < -0.3 is 21.1 Å². The van der Waals surface area contributed by atoms with E-state index in [9.17, 15) is 9.59 Å². The largest absolute Gasteiger partial charge is 0.480 e. The molecule has 4 N–H and O–H groups in total. The van der Waals surface area contributed by atoms with Gasteiger partial charge in [-0.3, -0.25) is 9.59 Å². The number of hydrogen-bond donors (Lipinski definition) is 4. The first-order chi connectivity index (χ1) is 8.52. The Labute approximate surface area is 109 Å². The van der Waals surface area contributed by atoms with Crippen molar-refractivity contribution in [2.24, 2.45) is 0 Å². The summed E-state index contributed by atoms with van der Waals surface area (Å²) in [5.41, 5.74) is 0. The van der Waals surface area contributed by atoms with E-state index in [0.717, 1.165) is 25.8 Å². The molecule has 0 aliphatic heterocycles. The van der Waals surface area contributed by atoms with Crippen molar-refractivity contribution in [2.45, 2.75) is 45.2 Å². The van der Waals surface area contributed by atoms with Crippen LogP contribution in [0.4, 0.5) is 0 Å². The van der Waals surface area contributed by atoms with Crippen LogP contribution in [-0.2, 0) is 9.59 Å². The highest BCUT2D eigenvalue weighted by atomic mass is 16.4. The maximum atomic E-state index is 11.5. The summed E-state index contributed by atoms with van der Waals surface area (Å²) in [5.74, 6) is -0.838. The second-order valence-electron chi connectivity index (χ2n) is 4.23. The monoisotopic (exact) mass is 259 g/mol. The summed E-state index contributed by atoms with van der Waals surface area (Å²) in [7, 11) is 1.63. The molecule has 0 aromatic carbocycles. The molecule has 0 bridgehead atoms. The number of carbonyl (C=O) groups is 2. The number of carboxylic acid groups (broad SMARTS) is 1. The van der Waals surface area contributed by atoms with Crippen molar-refractivity contribution in [1.29, 1.82) is 0 Å². The van der Waals surface area contributed by atoms with Crippen LogP contribution in [0.15, 0.2) is 0 Å². The zero-order chi connectivity index (χ0) is 14.0. The predicted octanol–water partition coefficient (Wildman–Crippen LogP) is -0.0565. The van der Waals surface area contributed by atoms with Crippen LogP contribution in [0.1, 0.15) is 33.1 Å². The lowest BCUT2D eigenvalue weighted by Crippen LogP contribution is -2.42. The van der Waals surface area contributed by atoms with Crippen molar-refractivity contribution >= 4 is 11.9 Å². The topological polar surface area (TPSA) is 90.5 Å². The van der Waals surface area contributed by atoms with Gasteiger partial charge in [-0.25, -0.2) is 0 Å².